The normalized spacial score (nSPS) is 19.6. The highest BCUT2D eigenvalue weighted by Crippen LogP contribution is 2.40. The summed E-state index contributed by atoms with van der Waals surface area (Å²) in [6, 6.07) is 4.29. The third-order valence-corrected chi connectivity index (χ3v) is 3.22. The lowest BCUT2D eigenvalue weighted by Crippen LogP contribution is -2.23. The molecule has 0 saturated carbocycles. The smallest absolute Gasteiger partial charge is 0.234 e. The quantitative estimate of drug-likeness (QED) is 0.687. The highest BCUT2D eigenvalue weighted by molar-refractivity contribution is 6.05. The molecule has 0 unspecified atom stereocenters. The maximum absolute atomic E-state index is 12.0. The summed E-state index contributed by atoms with van der Waals surface area (Å²) in [5, 5.41) is 0. The molecule has 1 aliphatic heterocycles. The first kappa shape index (κ1) is 10.2. The molecule has 2 nitrogen and oxygen atoms in total. The Labute approximate surface area is 90.9 Å². The minimum absolute atomic E-state index is 0.0728. The first-order valence-electron chi connectivity index (χ1n) is 5.45. The molecule has 2 heteroatoms. The van der Waals surface area contributed by atoms with E-state index in [-0.39, 0.29) is 11.8 Å². The lowest BCUT2D eigenvalue weighted by Gasteiger charge is -2.13. The average Bonchev–Trinajstić information content (AvgIpc) is 2.39. The highest BCUT2D eigenvalue weighted by atomic mass is 16.2. The van der Waals surface area contributed by atoms with Gasteiger partial charge in [-0.2, -0.15) is 0 Å². The summed E-state index contributed by atoms with van der Waals surface area (Å²) in [5.74, 6) is 0.310. The van der Waals surface area contributed by atoms with Gasteiger partial charge in [0.25, 0.3) is 0 Å². The van der Waals surface area contributed by atoms with Crippen LogP contribution in [0.4, 0.5) is 5.69 Å². The molecule has 1 amide bonds. The fraction of sp³-hybridized carbons (Fsp3) is 0.462. The molecule has 0 fully saturated rings. The lowest BCUT2D eigenvalue weighted by atomic mass is 9.95. The number of rotatable bonds is 1. The Morgan fingerprint density at radius 3 is 2.60 bits per heavy atom. The third kappa shape index (κ3) is 1.36. The van der Waals surface area contributed by atoms with Crippen molar-refractivity contribution in [3.8, 4) is 0 Å². The van der Waals surface area contributed by atoms with E-state index in [4.69, 9.17) is 0 Å². The van der Waals surface area contributed by atoms with E-state index in [1.165, 1.54) is 16.7 Å². The highest BCUT2D eigenvalue weighted by Gasteiger charge is 2.34. The second-order valence-electron chi connectivity index (χ2n) is 4.38. The maximum Gasteiger partial charge on any atom is 0.234 e. The van der Waals surface area contributed by atoms with E-state index in [0.717, 1.165) is 12.1 Å². The second kappa shape index (κ2) is 3.37. The van der Waals surface area contributed by atoms with Crippen LogP contribution >= 0.6 is 0 Å². The van der Waals surface area contributed by atoms with Gasteiger partial charge in [-0.15, -0.1) is 0 Å². The number of likely N-dealkylation sites (N-methyl/N-ethyl adjacent to an activating group) is 1. The van der Waals surface area contributed by atoms with Crippen LogP contribution in [0.3, 0.4) is 0 Å². The summed E-state index contributed by atoms with van der Waals surface area (Å²) in [6.07, 6.45) is 0.888. The number of anilines is 1. The number of nitrogens with zero attached hydrogens (tertiary/aromatic N) is 1. The number of benzene rings is 1. The molecule has 0 aromatic heterocycles. The lowest BCUT2D eigenvalue weighted by molar-refractivity contribution is -0.119. The zero-order valence-electron chi connectivity index (χ0n) is 9.79. The van der Waals surface area contributed by atoms with Gasteiger partial charge in [0.1, 0.15) is 0 Å². The van der Waals surface area contributed by atoms with Crippen molar-refractivity contribution in [2.45, 2.75) is 33.1 Å². The van der Waals surface area contributed by atoms with Crippen molar-refractivity contribution in [2.75, 3.05) is 11.9 Å². The van der Waals surface area contributed by atoms with Gasteiger partial charge in [0.15, 0.2) is 0 Å². The molecule has 1 atom stereocenters. The van der Waals surface area contributed by atoms with Crippen LogP contribution in [0.15, 0.2) is 12.1 Å². The minimum Gasteiger partial charge on any atom is -0.314 e. The van der Waals surface area contributed by atoms with Crippen LogP contribution < -0.4 is 4.90 Å². The largest absolute Gasteiger partial charge is 0.314 e. The van der Waals surface area contributed by atoms with Crippen molar-refractivity contribution in [2.24, 2.45) is 0 Å². The number of aryl methyl sites for hydroxylation is 2. The first-order valence-corrected chi connectivity index (χ1v) is 5.45. The molecule has 0 N–H and O–H groups in total. The number of hydrogen-bond acceptors (Lipinski definition) is 1. The van der Waals surface area contributed by atoms with E-state index >= 15 is 0 Å². The van der Waals surface area contributed by atoms with Crippen LogP contribution in [0.5, 0.6) is 0 Å². The Bertz CT molecular complexity index is 423. The Kier molecular flexibility index (Phi) is 2.29. The van der Waals surface area contributed by atoms with E-state index in [1.54, 1.807) is 4.90 Å². The molecule has 1 aromatic rings. The molecule has 80 valence electrons. The fourth-order valence-electron chi connectivity index (χ4n) is 2.59. The standard InChI is InChI=1S/C13H17NO/c1-5-10-11-7-8(2)6-9(3)12(11)14(4)13(10)15/h6-7,10H,5H2,1-4H3/t10-/m0/s1. The van der Waals surface area contributed by atoms with Crippen molar-refractivity contribution in [1.29, 1.82) is 0 Å². The van der Waals surface area contributed by atoms with Crippen LogP contribution in [0.1, 0.15) is 36.0 Å². The molecule has 0 radical (unpaired) electrons. The number of carbonyl (C=O) groups excluding carboxylic acids is 1. The summed E-state index contributed by atoms with van der Waals surface area (Å²) in [7, 11) is 1.87. The van der Waals surface area contributed by atoms with Crippen LogP contribution in [0.25, 0.3) is 0 Å². The molecule has 1 aliphatic rings. The van der Waals surface area contributed by atoms with Crippen LogP contribution in [0.2, 0.25) is 0 Å². The van der Waals surface area contributed by atoms with E-state index in [9.17, 15) is 4.79 Å². The minimum atomic E-state index is 0.0728. The van der Waals surface area contributed by atoms with E-state index in [0.29, 0.717) is 0 Å². The Balaban J connectivity index is 2.65. The average molecular weight is 203 g/mol. The van der Waals surface area contributed by atoms with E-state index in [2.05, 4.69) is 32.9 Å². The van der Waals surface area contributed by atoms with Crippen LogP contribution in [-0.4, -0.2) is 13.0 Å². The summed E-state index contributed by atoms with van der Waals surface area (Å²) >= 11 is 0. The van der Waals surface area contributed by atoms with Crippen LogP contribution in [-0.2, 0) is 4.79 Å². The summed E-state index contributed by atoms with van der Waals surface area (Å²) in [5.41, 5.74) is 4.78. The van der Waals surface area contributed by atoms with Gasteiger partial charge in [-0.05, 0) is 31.4 Å². The molecule has 2 rings (SSSR count). The molecular formula is C13H17NO. The molecule has 15 heavy (non-hydrogen) atoms. The van der Waals surface area contributed by atoms with Gasteiger partial charge in [-0.3, -0.25) is 4.79 Å². The summed E-state index contributed by atoms with van der Waals surface area (Å²) in [6.45, 7) is 6.24. The number of amides is 1. The molecule has 0 saturated heterocycles. The fourth-order valence-corrected chi connectivity index (χ4v) is 2.59. The van der Waals surface area contributed by atoms with Crippen molar-refractivity contribution >= 4 is 11.6 Å². The van der Waals surface area contributed by atoms with Gasteiger partial charge in [0.2, 0.25) is 5.91 Å². The van der Waals surface area contributed by atoms with Crippen LogP contribution in [0, 0.1) is 13.8 Å². The van der Waals surface area contributed by atoms with Gasteiger partial charge in [0, 0.05) is 7.05 Å². The van der Waals surface area contributed by atoms with Gasteiger partial charge in [-0.1, -0.05) is 24.6 Å². The monoisotopic (exact) mass is 203 g/mol. The van der Waals surface area contributed by atoms with Gasteiger partial charge in [0.05, 0.1) is 11.6 Å². The SMILES string of the molecule is CC[C@@H]1C(=O)N(C)c2c(C)cc(C)cc21. The summed E-state index contributed by atoms with van der Waals surface area (Å²) < 4.78 is 0. The van der Waals surface area contributed by atoms with Crippen molar-refractivity contribution < 1.29 is 4.79 Å². The predicted octanol–water partition coefficient (Wildman–Crippen LogP) is 2.77. The molecule has 1 heterocycles. The van der Waals surface area contributed by atoms with Crippen molar-refractivity contribution in [3.63, 3.8) is 0 Å². The maximum atomic E-state index is 12.0. The zero-order valence-corrected chi connectivity index (χ0v) is 9.79. The molecule has 0 spiro atoms. The number of hydrogen-bond donors (Lipinski definition) is 0. The topological polar surface area (TPSA) is 20.3 Å². The molecule has 0 bridgehead atoms. The second-order valence-corrected chi connectivity index (χ2v) is 4.38. The Morgan fingerprint density at radius 1 is 1.33 bits per heavy atom. The zero-order chi connectivity index (χ0) is 11.2. The first-order chi connectivity index (χ1) is 7.06. The van der Waals surface area contributed by atoms with Crippen molar-refractivity contribution in [3.05, 3.63) is 28.8 Å². The molecule has 0 aliphatic carbocycles. The van der Waals surface area contributed by atoms with Gasteiger partial charge >= 0.3 is 0 Å². The predicted molar refractivity (Wildman–Crippen MR) is 62.4 cm³/mol. The van der Waals surface area contributed by atoms with Gasteiger partial charge < -0.3 is 4.90 Å². The van der Waals surface area contributed by atoms with E-state index in [1.807, 2.05) is 7.05 Å². The Morgan fingerprint density at radius 2 is 2.00 bits per heavy atom. The third-order valence-electron chi connectivity index (χ3n) is 3.22. The summed E-state index contributed by atoms with van der Waals surface area (Å²) in [4.78, 5) is 13.8. The number of carbonyl (C=O) groups is 1. The molecule has 1 aromatic carbocycles. The van der Waals surface area contributed by atoms with Gasteiger partial charge in [-0.25, -0.2) is 0 Å². The molecular weight excluding hydrogens is 186 g/mol. The van der Waals surface area contributed by atoms with Crippen molar-refractivity contribution in [1.82, 2.24) is 0 Å². The number of fused-ring (bicyclic) bond motifs is 1. The Hall–Kier alpha value is -1.31. The van der Waals surface area contributed by atoms with E-state index < -0.39 is 0 Å².